The summed E-state index contributed by atoms with van der Waals surface area (Å²) >= 11 is 0. The Kier molecular flexibility index (Phi) is 5.93. The van der Waals surface area contributed by atoms with Gasteiger partial charge in [-0.2, -0.15) is 0 Å². The second kappa shape index (κ2) is 7.73. The van der Waals surface area contributed by atoms with E-state index in [2.05, 4.69) is 5.32 Å². The quantitative estimate of drug-likeness (QED) is 0.912. The Hall–Kier alpha value is -1.69. The molecule has 1 aromatic rings. The Morgan fingerprint density at radius 2 is 2.00 bits per heavy atom. The van der Waals surface area contributed by atoms with Crippen LogP contribution in [0.25, 0.3) is 0 Å². The van der Waals surface area contributed by atoms with Crippen molar-refractivity contribution in [3.05, 3.63) is 35.4 Å². The third kappa shape index (κ3) is 3.99. The lowest BCUT2D eigenvalue weighted by atomic mass is 10.1. The minimum Gasteiger partial charge on any atom is -0.352 e. The zero-order valence-corrected chi connectivity index (χ0v) is 14.7. The van der Waals surface area contributed by atoms with Crippen LogP contribution in [0.1, 0.15) is 47.9 Å². The highest BCUT2D eigenvalue weighted by molar-refractivity contribution is 7.85. The second-order valence-corrected chi connectivity index (χ2v) is 7.78. The molecule has 0 aliphatic carbocycles. The maximum Gasteiger partial charge on any atom is 0.254 e. The van der Waals surface area contributed by atoms with E-state index in [1.165, 1.54) is 0 Å². The molecule has 1 heterocycles. The summed E-state index contributed by atoms with van der Waals surface area (Å²) in [7, 11) is -0.882. The summed E-state index contributed by atoms with van der Waals surface area (Å²) in [5, 5.41) is 2.77. The molecule has 3 unspecified atom stereocenters. The Balaban J connectivity index is 2.16. The summed E-state index contributed by atoms with van der Waals surface area (Å²) in [6, 6.07) is 6.72. The first-order valence-electron chi connectivity index (χ1n) is 8.02. The van der Waals surface area contributed by atoms with Crippen molar-refractivity contribution >= 4 is 22.6 Å². The van der Waals surface area contributed by atoms with E-state index in [4.69, 9.17) is 0 Å². The Bertz CT molecular complexity index is 618. The molecular formula is C17H24N2O3S. The van der Waals surface area contributed by atoms with Crippen molar-refractivity contribution in [3.63, 3.8) is 0 Å². The zero-order chi connectivity index (χ0) is 17.0. The van der Waals surface area contributed by atoms with Crippen molar-refractivity contribution in [2.45, 2.75) is 38.5 Å². The molecular weight excluding hydrogens is 312 g/mol. The van der Waals surface area contributed by atoms with E-state index in [1.807, 2.05) is 20.8 Å². The number of nitrogens with zero attached hydrogens (tertiary/aromatic N) is 1. The van der Waals surface area contributed by atoms with Gasteiger partial charge in [-0.15, -0.1) is 0 Å². The monoisotopic (exact) mass is 336 g/mol. The summed E-state index contributed by atoms with van der Waals surface area (Å²) in [4.78, 5) is 26.5. The molecule has 23 heavy (non-hydrogen) atoms. The fourth-order valence-electron chi connectivity index (χ4n) is 2.64. The van der Waals surface area contributed by atoms with Crippen LogP contribution in [-0.2, 0) is 10.8 Å². The van der Waals surface area contributed by atoms with Gasteiger partial charge in [0, 0.05) is 46.8 Å². The second-order valence-electron chi connectivity index (χ2n) is 5.87. The molecule has 0 aromatic heterocycles. The normalized spacial score (nSPS) is 24.3. The van der Waals surface area contributed by atoms with Gasteiger partial charge in [0.15, 0.2) is 0 Å². The lowest BCUT2D eigenvalue weighted by molar-refractivity contribution is 0.0695. The van der Waals surface area contributed by atoms with E-state index >= 15 is 0 Å². The maximum atomic E-state index is 12.7. The highest BCUT2D eigenvalue weighted by Crippen LogP contribution is 2.19. The minimum atomic E-state index is -0.882. The van der Waals surface area contributed by atoms with Crippen molar-refractivity contribution < 1.29 is 13.8 Å². The number of carbonyl (C=O) groups excluding carboxylic acids is 2. The first kappa shape index (κ1) is 17.7. The summed E-state index contributed by atoms with van der Waals surface area (Å²) in [5.74, 6) is 0.238. The van der Waals surface area contributed by atoms with Gasteiger partial charge in [-0.1, -0.05) is 13.0 Å². The van der Waals surface area contributed by atoms with Crippen molar-refractivity contribution in [2.24, 2.45) is 0 Å². The van der Waals surface area contributed by atoms with Crippen LogP contribution in [0.2, 0.25) is 0 Å². The molecule has 1 aliphatic heterocycles. The van der Waals surface area contributed by atoms with E-state index in [0.717, 1.165) is 6.42 Å². The molecule has 1 saturated heterocycles. The largest absolute Gasteiger partial charge is 0.352 e. The van der Waals surface area contributed by atoms with Crippen LogP contribution in [0.4, 0.5) is 0 Å². The molecule has 5 nitrogen and oxygen atoms in total. The van der Waals surface area contributed by atoms with E-state index in [0.29, 0.717) is 30.0 Å². The molecule has 2 rings (SSSR count). The number of nitrogens with one attached hydrogen (secondary N) is 1. The lowest BCUT2D eigenvalue weighted by Gasteiger charge is -2.37. The van der Waals surface area contributed by atoms with Gasteiger partial charge in [0.05, 0.1) is 5.25 Å². The van der Waals surface area contributed by atoms with Crippen LogP contribution >= 0.6 is 0 Å². The molecule has 126 valence electrons. The molecule has 1 fully saturated rings. The molecule has 3 atom stereocenters. The number of carbonyl (C=O) groups is 2. The first-order valence-corrected chi connectivity index (χ1v) is 9.40. The summed E-state index contributed by atoms with van der Waals surface area (Å²) in [6.07, 6.45) is 0.866. The van der Waals surface area contributed by atoms with Crippen molar-refractivity contribution in [3.8, 4) is 0 Å². The van der Waals surface area contributed by atoms with Gasteiger partial charge in [0.25, 0.3) is 11.8 Å². The first-order chi connectivity index (χ1) is 11.0. The molecule has 0 saturated carbocycles. The molecule has 0 spiro atoms. The number of benzene rings is 1. The Labute approximate surface area is 139 Å². The molecule has 0 bridgehead atoms. The molecule has 2 amide bonds. The summed E-state index contributed by atoms with van der Waals surface area (Å²) in [5.41, 5.74) is 0.992. The number of hydrogen-bond acceptors (Lipinski definition) is 3. The Morgan fingerprint density at radius 3 is 2.70 bits per heavy atom. The summed E-state index contributed by atoms with van der Waals surface area (Å²) < 4.78 is 11.9. The van der Waals surface area contributed by atoms with Crippen LogP contribution in [-0.4, -0.2) is 51.1 Å². The average Bonchev–Trinajstić information content (AvgIpc) is 2.57. The van der Waals surface area contributed by atoms with Crippen molar-refractivity contribution in [2.75, 3.05) is 18.8 Å². The molecule has 1 aromatic carbocycles. The van der Waals surface area contributed by atoms with Gasteiger partial charge in [0.2, 0.25) is 0 Å². The standard InChI is InChI=1S/C17H24N2O3S/c1-4-8-18-16(20)14-6-5-7-15(11-14)17(21)19-9-10-23(22)13(3)12(19)2/h5-7,11-13H,4,8-10H2,1-3H3,(H,18,20). The number of rotatable bonds is 4. The topological polar surface area (TPSA) is 66.5 Å². The molecule has 1 aliphatic rings. The van der Waals surface area contributed by atoms with Crippen LogP contribution in [0.5, 0.6) is 0 Å². The lowest BCUT2D eigenvalue weighted by Crippen LogP contribution is -2.52. The summed E-state index contributed by atoms with van der Waals surface area (Å²) in [6.45, 7) is 6.93. The van der Waals surface area contributed by atoms with Crippen molar-refractivity contribution in [1.82, 2.24) is 10.2 Å². The van der Waals surface area contributed by atoms with E-state index in [9.17, 15) is 13.8 Å². The third-order valence-corrected chi connectivity index (χ3v) is 6.10. The number of hydrogen-bond donors (Lipinski definition) is 1. The number of amides is 2. The smallest absolute Gasteiger partial charge is 0.254 e. The predicted molar refractivity (Wildman–Crippen MR) is 92.0 cm³/mol. The van der Waals surface area contributed by atoms with Gasteiger partial charge in [0.1, 0.15) is 0 Å². The molecule has 0 radical (unpaired) electrons. The highest BCUT2D eigenvalue weighted by Gasteiger charge is 2.33. The third-order valence-electron chi connectivity index (χ3n) is 4.29. The highest BCUT2D eigenvalue weighted by atomic mass is 32.2. The zero-order valence-electron chi connectivity index (χ0n) is 13.9. The maximum absolute atomic E-state index is 12.7. The van der Waals surface area contributed by atoms with Gasteiger partial charge >= 0.3 is 0 Å². The fourth-order valence-corrected chi connectivity index (χ4v) is 3.97. The fraction of sp³-hybridized carbons (Fsp3) is 0.529. The van der Waals surface area contributed by atoms with Gasteiger partial charge in [-0.05, 0) is 38.5 Å². The van der Waals surface area contributed by atoms with Gasteiger partial charge in [-0.25, -0.2) is 0 Å². The van der Waals surface area contributed by atoms with E-state index in [1.54, 1.807) is 29.2 Å². The average molecular weight is 336 g/mol. The molecule has 6 heteroatoms. The minimum absolute atomic E-state index is 0.0382. The van der Waals surface area contributed by atoms with Gasteiger partial charge in [-0.3, -0.25) is 13.8 Å². The van der Waals surface area contributed by atoms with Crippen LogP contribution in [0.15, 0.2) is 24.3 Å². The molecule has 1 N–H and O–H groups in total. The van der Waals surface area contributed by atoms with Gasteiger partial charge < -0.3 is 10.2 Å². The van der Waals surface area contributed by atoms with Crippen LogP contribution in [0, 0.1) is 0 Å². The van der Waals surface area contributed by atoms with Crippen LogP contribution < -0.4 is 5.32 Å². The SMILES string of the molecule is CCCNC(=O)c1cccc(C(=O)N2CCS(=O)C(C)C2C)c1. The van der Waals surface area contributed by atoms with E-state index < -0.39 is 10.8 Å². The van der Waals surface area contributed by atoms with Crippen molar-refractivity contribution in [1.29, 1.82) is 0 Å². The Morgan fingerprint density at radius 1 is 1.30 bits per heavy atom. The van der Waals surface area contributed by atoms with E-state index in [-0.39, 0.29) is 23.1 Å². The predicted octanol–water partition coefficient (Wildman–Crippen LogP) is 1.81. The van der Waals surface area contributed by atoms with Crippen LogP contribution in [0.3, 0.4) is 0 Å².